The van der Waals surface area contributed by atoms with E-state index in [-0.39, 0.29) is 4.21 Å². The number of carbonyl (C=O) groups is 1. The highest BCUT2D eigenvalue weighted by Crippen LogP contribution is 2.29. The van der Waals surface area contributed by atoms with Crippen LogP contribution >= 0.6 is 54.5 Å². The van der Waals surface area contributed by atoms with E-state index in [9.17, 15) is 13.2 Å². The van der Waals surface area contributed by atoms with Crippen molar-refractivity contribution in [3.8, 4) is 0 Å². The number of hydrogen-bond donors (Lipinski definition) is 1. The van der Waals surface area contributed by atoms with Crippen molar-refractivity contribution in [2.45, 2.75) is 4.21 Å². The van der Waals surface area contributed by atoms with Gasteiger partial charge < -0.3 is 0 Å². The van der Waals surface area contributed by atoms with Crippen molar-refractivity contribution in [3.63, 3.8) is 0 Å². The van der Waals surface area contributed by atoms with Gasteiger partial charge in [0.15, 0.2) is 0 Å². The summed E-state index contributed by atoms with van der Waals surface area (Å²) in [5, 5.41) is 0.898. The predicted molar refractivity (Wildman–Crippen MR) is 96.2 cm³/mol. The Kier molecular flexibility index (Phi) is 4.43. The van der Waals surface area contributed by atoms with E-state index in [1.165, 1.54) is 17.4 Å². The summed E-state index contributed by atoms with van der Waals surface area (Å²) in [6.45, 7) is 0. The van der Waals surface area contributed by atoms with Crippen LogP contribution in [0.15, 0.2) is 48.9 Å². The largest absolute Gasteiger partial charge is 0.275 e. The Hall–Kier alpha value is -0.740. The van der Waals surface area contributed by atoms with Gasteiger partial charge in [0.05, 0.1) is 8.66 Å². The first-order valence-electron chi connectivity index (χ1n) is 5.87. The van der Waals surface area contributed by atoms with Crippen molar-refractivity contribution >= 4 is 80.6 Å². The van der Waals surface area contributed by atoms with Crippen LogP contribution in [0.5, 0.6) is 0 Å². The highest BCUT2D eigenvalue weighted by Gasteiger charge is 2.21. The third-order valence-corrected chi connectivity index (χ3v) is 7.78. The Labute approximate surface area is 151 Å². The van der Waals surface area contributed by atoms with E-state index >= 15 is 0 Å². The van der Waals surface area contributed by atoms with Gasteiger partial charge in [0, 0.05) is 9.17 Å². The molecule has 0 aliphatic rings. The number of rotatable bonds is 3. The van der Waals surface area contributed by atoms with Crippen LogP contribution in [0.2, 0.25) is 0 Å². The molecule has 0 spiro atoms. The van der Waals surface area contributed by atoms with Gasteiger partial charge in [-0.3, -0.25) is 4.79 Å². The Morgan fingerprint density at radius 1 is 1.05 bits per heavy atom. The maximum atomic E-state index is 12.2. The molecule has 0 bridgehead atoms. The monoisotopic (exact) mass is 479 g/mol. The lowest BCUT2D eigenvalue weighted by atomic mass is 10.2. The summed E-state index contributed by atoms with van der Waals surface area (Å²) in [6, 6.07) is 10.4. The van der Waals surface area contributed by atoms with Crippen molar-refractivity contribution in [3.05, 3.63) is 49.5 Å². The lowest BCUT2D eigenvalue weighted by Crippen LogP contribution is -2.29. The Bertz CT molecular complexity index is 976. The van der Waals surface area contributed by atoms with Crippen molar-refractivity contribution in [2.24, 2.45) is 0 Å². The second-order valence-corrected chi connectivity index (χ2v) is 10.7. The fourth-order valence-corrected chi connectivity index (χ4v) is 6.33. The molecule has 4 nitrogen and oxygen atoms in total. The first-order chi connectivity index (χ1) is 10.3. The molecule has 9 heteroatoms. The van der Waals surface area contributed by atoms with Crippen LogP contribution in [0.3, 0.4) is 0 Å². The maximum absolute atomic E-state index is 12.2. The number of benzene rings is 1. The van der Waals surface area contributed by atoms with Gasteiger partial charge >= 0.3 is 0 Å². The minimum atomic E-state index is -3.85. The number of fused-ring (bicyclic) bond motifs is 1. The Balaban J connectivity index is 1.89. The van der Waals surface area contributed by atoms with Gasteiger partial charge in [-0.1, -0.05) is 22.0 Å². The second-order valence-electron chi connectivity index (χ2n) is 4.29. The first-order valence-corrected chi connectivity index (χ1v) is 10.6. The number of carbonyl (C=O) groups excluding carboxylic acids is 1. The van der Waals surface area contributed by atoms with E-state index in [4.69, 9.17) is 0 Å². The molecule has 0 aliphatic carbocycles. The van der Waals surface area contributed by atoms with Crippen LogP contribution in [0.1, 0.15) is 9.67 Å². The molecule has 114 valence electrons. The highest BCUT2D eigenvalue weighted by atomic mass is 79.9. The SMILES string of the molecule is O=C(NS(=O)(=O)c1ccc(Br)s1)c1cc2ccc(Br)cc2s1. The average Bonchev–Trinajstić information content (AvgIpc) is 3.04. The van der Waals surface area contributed by atoms with Gasteiger partial charge in [-0.2, -0.15) is 0 Å². The third-order valence-electron chi connectivity index (χ3n) is 2.75. The van der Waals surface area contributed by atoms with Gasteiger partial charge in [-0.05, 0) is 51.6 Å². The normalized spacial score (nSPS) is 11.7. The van der Waals surface area contributed by atoms with Crippen LogP contribution in [-0.2, 0) is 10.0 Å². The molecule has 0 aliphatic heterocycles. The summed E-state index contributed by atoms with van der Waals surface area (Å²) < 4.78 is 29.0. The zero-order valence-electron chi connectivity index (χ0n) is 10.7. The zero-order valence-corrected chi connectivity index (χ0v) is 16.3. The topological polar surface area (TPSA) is 63.2 Å². The smallest absolute Gasteiger partial charge is 0.267 e. The predicted octanol–water partition coefficient (Wildman–Crippen LogP) is 4.61. The number of thiophene rings is 2. The summed E-state index contributed by atoms with van der Waals surface area (Å²) in [5.41, 5.74) is 0. The molecule has 1 N–H and O–H groups in total. The second kappa shape index (κ2) is 6.04. The lowest BCUT2D eigenvalue weighted by molar-refractivity contribution is 0.0985. The van der Waals surface area contributed by atoms with Crippen LogP contribution in [0.4, 0.5) is 0 Å². The quantitative estimate of drug-likeness (QED) is 0.595. The molecule has 2 aromatic heterocycles. The third kappa shape index (κ3) is 3.28. The van der Waals surface area contributed by atoms with Crippen LogP contribution in [0.25, 0.3) is 10.1 Å². The number of hydrogen-bond acceptors (Lipinski definition) is 5. The Morgan fingerprint density at radius 2 is 1.82 bits per heavy atom. The molecular formula is C13H7Br2NO3S3. The molecule has 0 saturated carbocycles. The van der Waals surface area contributed by atoms with Crippen molar-refractivity contribution in [1.29, 1.82) is 0 Å². The van der Waals surface area contributed by atoms with E-state index < -0.39 is 15.9 Å². The standard InChI is InChI=1S/C13H7Br2NO3S3/c14-8-2-1-7-5-10(20-9(7)6-8)13(17)16-22(18,19)12-4-3-11(15)21-12/h1-6H,(H,16,17). The van der Waals surface area contributed by atoms with Gasteiger partial charge in [0.2, 0.25) is 0 Å². The number of amides is 1. The molecule has 3 rings (SSSR count). The summed E-state index contributed by atoms with van der Waals surface area (Å²) in [6.07, 6.45) is 0. The highest BCUT2D eigenvalue weighted by molar-refractivity contribution is 9.11. The first kappa shape index (κ1) is 16.1. The zero-order chi connectivity index (χ0) is 15.9. The minimum absolute atomic E-state index is 0.0941. The summed E-state index contributed by atoms with van der Waals surface area (Å²) in [4.78, 5) is 12.6. The Morgan fingerprint density at radius 3 is 2.50 bits per heavy atom. The number of halogens is 2. The molecular weight excluding hydrogens is 474 g/mol. The van der Waals surface area contributed by atoms with Gasteiger partial charge in [0.1, 0.15) is 4.21 Å². The van der Waals surface area contributed by atoms with Gasteiger partial charge in [0.25, 0.3) is 15.9 Å². The molecule has 3 aromatic rings. The van der Waals surface area contributed by atoms with E-state index in [1.807, 2.05) is 18.2 Å². The molecule has 1 aromatic carbocycles. The maximum Gasteiger partial charge on any atom is 0.275 e. The van der Waals surface area contributed by atoms with Crippen LogP contribution in [-0.4, -0.2) is 14.3 Å². The molecule has 0 atom stereocenters. The average molecular weight is 481 g/mol. The fraction of sp³-hybridized carbons (Fsp3) is 0. The van der Waals surface area contributed by atoms with Crippen LogP contribution < -0.4 is 4.72 Å². The van der Waals surface area contributed by atoms with Gasteiger partial charge in [-0.15, -0.1) is 22.7 Å². The molecule has 22 heavy (non-hydrogen) atoms. The van der Waals surface area contributed by atoms with E-state index in [0.29, 0.717) is 8.66 Å². The number of nitrogens with one attached hydrogen (secondary N) is 1. The minimum Gasteiger partial charge on any atom is -0.267 e. The molecule has 1 amide bonds. The van der Waals surface area contributed by atoms with Crippen molar-refractivity contribution in [1.82, 2.24) is 4.72 Å². The molecule has 2 heterocycles. The van der Waals surface area contributed by atoms with Crippen molar-refractivity contribution in [2.75, 3.05) is 0 Å². The van der Waals surface area contributed by atoms with Gasteiger partial charge in [-0.25, -0.2) is 13.1 Å². The molecule has 0 unspecified atom stereocenters. The summed E-state index contributed by atoms with van der Waals surface area (Å²) in [7, 11) is -3.85. The van der Waals surface area contributed by atoms with Crippen molar-refractivity contribution < 1.29 is 13.2 Å². The molecule has 0 saturated heterocycles. The number of sulfonamides is 1. The summed E-state index contributed by atoms with van der Waals surface area (Å²) in [5.74, 6) is -0.623. The fourth-order valence-electron chi connectivity index (χ4n) is 1.78. The molecule has 0 fully saturated rings. The van der Waals surface area contributed by atoms with E-state index in [1.54, 1.807) is 12.1 Å². The molecule has 0 radical (unpaired) electrons. The van der Waals surface area contributed by atoms with E-state index in [2.05, 4.69) is 36.6 Å². The summed E-state index contributed by atoms with van der Waals surface area (Å²) >= 11 is 8.87. The van der Waals surface area contributed by atoms with Crippen LogP contribution in [0, 0.1) is 0 Å². The lowest BCUT2D eigenvalue weighted by Gasteiger charge is -2.02. The van der Waals surface area contributed by atoms with E-state index in [0.717, 1.165) is 25.9 Å².